The number of hydrogen-bond donors (Lipinski definition) is 0. The van der Waals surface area contributed by atoms with Gasteiger partial charge in [-0.1, -0.05) is 72.8 Å². The van der Waals surface area contributed by atoms with Gasteiger partial charge in [0.2, 0.25) is 11.2 Å². The van der Waals surface area contributed by atoms with Gasteiger partial charge in [0.1, 0.15) is 23.3 Å². The topological polar surface area (TPSA) is 48.7 Å². The summed E-state index contributed by atoms with van der Waals surface area (Å²) in [6.45, 7) is 0.542. The van der Waals surface area contributed by atoms with E-state index in [1.165, 1.54) is 11.8 Å². The molecule has 0 amide bonds. The van der Waals surface area contributed by atoms with Gasteiger partial charge < -0.3 is 13.9 Å². The highest BCUT2D eigenvalue weighted by Crippen LogP contribution is 2.26. The second-order valence-electron chi connectivity index (χ2n) is 7.66. The van der Waals surface area contributed by atoms with E-state index in [4.69, 9.17) is 13.9 Å². The average molecular weight is 434 g/mol. The molecule has 4 heteroatoms. The summed E-state index contributed by atoms with van der Waals surface area (Å²) >= 11 is 0. The van der Waals surface area contributed by atoms with Gasteiger partial charge in [0.15, 0.2) is 0 Å². The van der Waals surface area contributed by atoms with E-state index in [2.05, 4.69) is 12.1 Å². The van der Waals surface area contributed by atoms with E-state index in [0.717, 1.165) is 17.5 Å². The van der Waals surface area contributed by atoms with Crippen molar-refractivity contribution in [2.75, 3.05) is 6.61 Å². The van der Waals surface area contributed by atoms with Crippen molar-refractivity contribution in [3.05, 3.63) is 125 Å². The Morgan fingerprint density at radius 3 is 2.12 bits per heavy atom. The van der Waals surface area contributed by atoms with E-state index in [1.807, 2.05) is 72.8 Å². The number of rotatable bonds is 7. The Hall–Kier alpha value is -4.31. The molecule has 33 heavy (non-hydrogen) atoms. The fourth-order valence-corrected chi connectivity index (χ4v) is 3.66. The van der Waals surface area contributed by atoms with Crippen molar-refractivity contribution in [3.63, 3.8) is 0 Å². The molecule has 0 radical (unpaired) electrons. The molecule has 0 aliphatic heterocycles. The van der Waals surface area contributed by atoms with Crippen LogP contribution in [0.5, 0.6) is 17.2 Å². The molecule has 5 rings (SSSR count). The Balaban J connectivity index is 1.29. The maximum absolute atomic E-state index is 12.9. The van der Waals surface area contributed by atoms with Crippen molar-refractivity contribution in [2.45, 2.75) is 6.42 Å². The van der Waals surface area contributed by atoms with Crippen molar-refractivity contribution < 1.29 is 13.9 Å². The van der Waals surface area contributed by atoms with Crippen LogP contribution in [0.3, 0.4) is 0 Å². The van der Waals surface area contributed by atoms with Gasteiger partial charge in [0.25, 0.3) is 0 Å². The zero-order valence-corrected chi connectivity index (χ0v) is 17.9. The molecule has 0 saturated heterocycles. The average Bonchev–Trinajstić information content (AvgIpc) is 2.87. The van der Waals surface area contributed by atoms with Gasteiger partial charge in [0, 0.05) is 12.5 Å². The Labute approximate surface area is 191 Å². The molecule has 1 aromatic heterocycles. The molecule has 0 saturated carbocycles. The van der Waals surface area contributed by atoms with Crippen molar-refractivity contribution in [1.29, 1.82) is 0 Å². The van der Waals surface area contributed by atoms with Crippen LogP contribution in [0, 0.1) is 0 Å². The van der Waals surface area contributed by atoms with Gasteiger partial charge in [-0.25, -0.2) is 0 Å². The third-order valence-electron chi connectivity index (χ3n) is 5.41. The van der Waals surface area contributed by atoms with Gasteiger partial charge in [-0.15, -0.1) is 0 Å². The second-order valence-corrected chi connectivity index (χ2v) is 7.66. The zero-order valence-electron chi connectivity index (χ0n) is 17.9. The molecule has 0 N–H and O–H groups in total. The quantitative estimate of drug-likeness (QED) is 0.280. The standard InChI is InChI=1S/C29H22O4/c30-29-26-16-15-25(31-18-17-21-7-3-1-4-8-21)19-27(26)32-20-28(29)33-24-13-11-23(12-14-24)22-9-5-2-6-10-22/h1-16,19-20H,17-18H2. The van der Waals surface area contributed by atoms with Gasteiger partial charge >= 0.3 is 0 Å². The first-order valence-corrected chi connectivity index (χ1v) is 10.8. The number of hydrogen-bond acceptors (Lipinski definition) is 4. The normalized spacial score (nSPS) is 10.8. The number of ether oxygens (including phenoxy) is 2. The first-order chi connectivity index (χ1) is 16.3. The summed E-state index contributed by atoms with van der Waals surface area (Å²) in [4.78, 5) is 12.9. The van der Waals surface area contributed by atoms with Crippen LogP contribution in [0.25, 0.3) is 22.1 Å². The Kier molecular flexibility index (Phi) is 5.89. The van der Waals surface area contributed by atoms with Crippen molar-refractivity contribution >= 4 is 11.0 Å². The van der Waals surface area contributed by atoms with Gasteiger partial charge in [0.05, 0.1) is 12.0 Å². The first kappa shape index (κ1) is 20.6. The van der Waals surface area contributed by atoms with Crippen LogP contribution in [-0.4, -0.2) is 6.61 Å². The SMILES string of the molecule is O=c1c(Oc2ccc(-c3ccccc3)cc2)coc2cc(OCCc3ccccc3)ccc12. The number of fused-ring (bicyclic) bond motifs is 1. The zero-order chi connectivity index (χ0) is 22.5. The van der Waals surface area contributed by atoms with Crippen LogP contribution in [0.15, 0.2) is 119 Å². The van der Waals surface area contributed by atoms with E-state index in [1.54, 1.807) is 18.2 Å². The molecule has 0 atom stereocenters. The van der Waals surface area contributed by atoms with Gasteiger partial charge in [-0.05, 0) is 41.0 Å². The summed E-state index contributed by atoms with van der Waals surface area (Å²) in [7, 11) is 0. The van der Waals surface area contributed by atoms with E-state index in [0.29, 0.717) is 29.1 Å². The summed E-state index contributed by atoms with van der Waals surface area (Å²) < 4.78 is 17.3. The smallest absolute Gasteiger partial charge is 0.235 e. The van der Waals surface area contributed by atoms with Crippen molar-refractivity contribution in [3.8, 4) is 28.4 Å². The maximum Gasteiger partial charge on any atom is 0.235 e. The second kappa shape index (κ2) is 9.45. The molecule has 5 aromatic rings. The lowest BCUT2D eigenvalue weighted by Crippen LogP contribution is -2.05. The minimum Gasteiger partial charge on any atom is -0.493 e. The third kappa shape index (κ3) is 4.80. The summed E-state index contributed by atoms with van der Waals surface area (Å²) in [6.07, 6.45) is 2.15. The fourth-order valence-electron chi connectivity index (χ4n) is 3.66. The van der Waals surface area contributed by atoms with Gasteiger partial charge in [-0.3, -0.25) is 4.79 Å². The summed E-state index contributed by atoms with van der Waals surface area (Å²) in [6, 6.07) is 33.1. The summed E-state index contributed by atoms with van der Waals surface area (Å²) in [5.74, 6) is 1.38. The molecule has 4 aromatic carbocycles. The lowest BCUT2D eigenvalue weighted by molar-refractivity contribution is 0.322. The molecule has 0 fully saturated rings. The molecule has 0 spiro atoms. The molecule has 162 valence electrons. The minimum absolute atomic E-state index is 0.146. The van der Waals surface area contributed by atoms with Crippen LogP contribution in [0.1, 0.15) is 5.56 Å². The van der Waals surface area contributed by atoms with E-state index in [-0.39, 0.29) is 11.2 Å². The monoisotopic (exact) mass is 434 g/mol. The Morgan fingerprint density at radius 2 is 1.36 bits per heavy atom. The van der Waals surface area contributed by atoms with Crippen LogP contribution in [0.2, 0.25) is 0 Å². The van der Waals surface area contributed by atoms with E-state index >= 15 is 0 Å². The number of benzene rings is 4. The van der Waals surface area contributed by atoms with Crippen molar-refractivity contribution in [1.82, 2.24) is 0 Å². The predicted molar refractivity (Wildman–Crippen MR) is 130 cm³/mol. The third-order valence-corrected chi connectivity index (χ3v) is 5.41. The molecule has 1 heterocycles. The molecule has 4 nitrogen and oxygen atoms in total. The molecular weight excluding hydrogens is 412 g/mol. The fraction of sp³-hybridized carbons (Fsp3) is 0.0690. The van der Waals surface area contributed by atoms with Crippen LogP contribution < -0.4 is 14.9 Å². The Morgan fingerprint density at radius 1 is 0.697 bits per heavy atom. The highest BCUT2D eigenvalue weighted by atomic mass is 16.5. The van der Waals surface area contributed by atoms with Crippen LogP contribution >= 0.6 is 0 Å². The lowest BCUT2D eigenvalue weighted by atomic mass is 10.1. The lowest BCUT2D eigenvalue weighted by Gasteiger charge is -2.09. The Bertz CT molecular complexity index is 1410. The largest absolute Gasteiger partial charge is 0.493 e. The molecule has 0 aliphatic rings. The summed E-state index contributed by atoms with van der Waals surface area (Å²) in [5, 5.41) is 0.448. The van der Waals surface area contributed by atoms with E-state index < -0.39 is 0 Å². The van der Waals surface area contributed by atoms with Crippen LogP contribution in [-0.2, 0) is 6.42 Å². The molecule has 0 bridgehead atoms. The van der Waals surface area contributed by atoms with Gasteiger partial charge in [-0.2, -0.15) is 0 Å². The maximum atomic E-state index is 12.9. The molecule has 0 aliphatic carbocycles. The van der Waals surface area contributed by atoms with E-state index in [9.17, 15) is 4.79 Å². The predicted octanol–water partition coefficient (Wildman–Crippen LogP) is 6.87. The first-order valence-electron chi connectivity index (χ1n) is 10.8. The highest BCUT2D eigenvalue weighted by Gasteiger charge is 2.11. The minimum atomic E-state index is -0.223. The summed E-state index contributed by atoms with van der Waals surface area (Å²) in [5.41, 5.74) is 3.65. The molecule has 0 unspecified atom stereocenters. The van der Waals surface area contributed by atoms with Crippen molar-refractivity contribution in [2.24, 2.45) is 0 Å². The highest BCUT2D eigenvalue weighted by molar-refractivity contribution is 5.79. The van der Waals surface area contributed by atoms with Crippen LogP contribution in [0.4, 0.5) is 0 Å². The molecular formula is C29H22O4.